The van der Waals surface area contributed by atoms with E-state index in [-0.39, 0.29) is 11.5 Å². The van der Waals surface area contributed by atoms with Gasteiger partial charge in [-0.25, -0.2) is 4.98 Å². The van der Waals surface area contributed by atoms with E-state index < -0.39 is 0 Å². The Morgan fingerprint density at radius 1 is 1.30 bits per heavy atom. The summed E-state index contributed by atoms with van der Waals surface area (Å²) in [5, 5.41) is 3.95. The van der Waals surface area contributed by atoms with Crippen molar-refractivity contribution < 1.29 is 0 Å². The number of nitrogens with one attached hydrogen (secondary N) is 1. The molecule has 0 radical (unpaired) electrons. The van der Waals surface area contributed by atoms with Gasteiger partial charge in [0.1, 0.15) is 0 Å². The Hall–Kier alpha value is -0.940. The molecule has 1 atom stereocenters. The lowest BCUT2D eigenvalue weighted by molar-refractivity contribution is 0.541. The van der Waals surface area contributed by atoms with Crippen LogP contribution in [-0.4, -0.2) is 4.98 Å². The van der Waals surface area contributed by atoms with Crippen LogP contribution in [0.15, 0.2) is 29.6 Å². The Bertz CT molecular complexity index is 557. The number of hydrazine groups is 1. The highest BCUT2D eigenvalue weighted by atomic mass is 35.5. The molecule has 0 bridgehead atoms. The van der Waals surface area contributed by atoms with Crippen LogP contribution in [0.2, 0.25) is 5.02 Å². The molecule has 2 aromatic rings. The molecule has 0 fully saturated rings. The lowest BCUT2D eigenvalue weighted by Gasteiger charge is -2.16. The van der Waals surface area contributed by atoms with Gasteiger partial charge < -0.3 is 0 Å². The second-order valence-electron chi connectivity index (χ2n) is 5.85. The highest BCUT2D eigenvalue weighted by Crippen LogP contribution is 2.27. The number of halogens is 1. The van der Waals surface area contributed by atoms with E-state index >= 15 is 0 Å². The fourth-order valence-electron chi connectivity index (χ4n) is 1.89. The topological polar surface area (TPSA) is 50.9 Å². The molecule has 3 nitrogen and oxygen atoms in total. The van der Waals surface area contributed by atoms with Gasteiger partial charge >= 0.3 is 0 Å². The molecule has 0 aliphatic heterocycles. The standard InChI is InChI=1S/C15H20ClN3S/c1-15(2,3)13-9-20-14(18-13)8-12(19-17)10-4-6-11(16)7-5-10/h4-7,9,12,19H,8,17H2,1-3H3. The summed E-state index contributed by atoms with van der Waals surface area (Å²) >= 11 is 7.60. The van der Waals surface area contributed by atoms with E-state index in [0.717, 1.165) is 27.7 Å². The van der Waals surface area contributed by atoms with E-state index in [4.69, 9.17) is 22.4 Å². The smallest absolute Gasteiger partial charge is 0.0948 e. The number of hydrogen-bond acceptors (Lipinski definition) is 4. The lowest BCUT2D eigenvalue weighted by atomic mass is 9.93. The van der Waals surface area contributed by atoms with Gasteiger partial charge in [0, 0.05) is 22.2 Å². The normalized spacial score (nSPS) is 13.4. The van der Waals surface area contributed by atoms with Crippen molar-refractivity contribution in [2.24, 2.45) is 5.84 Å². The van der Waals surface area contributed by atoms with Gasteiger partial charge in [-0.15, -0.1) is 11.3 Å². The van der Waals surface area contributed by atoms with E-state index in [1.54, 1.807) is 11.3 Å². The zero-order valence-electron chi connectivity index (χ0n) is 12.0. The van der Waals surface area contributed by atoms with Crippen LogP contribution in [0.4, 0.5) is 0 Å². The summed E-state index contributed by atoms with van der Waals surface area (Å²) in [7, 11) is 0. The van der Waals surface area contributed by atoms with Crippen molar-refractivity contribution in [1.29, 1.82) is 0 Å². The number of aromatic nitrogens is 1. The maximum atomic E-state index is 5.91. The zero-order chi connectivity index (χ0) is 14.8. The first-order valence-electron chi connectivity index (χ1n) is 6.56. The Morgan fingerprint density at radius 2 is 1.95 bits per heavy atom. The molecule has 0 aliphatic rings. The fraction of sp³-hybridized carbons (Fsp3) is 0.400. The Labute approximate surface area is 129 Å². The van der Waals surface area contributed by atoms with Crippen molar-refractivity contribution in [1.82, 2.24) is 10.4 Å². The largest absolute Gasteiger partial charge is 0.271 e. The predicted molar refractivity (Wildman–Crippen MR) is 86.0 cm³/mol. The van der Waals surface area contributed by atoms with E-state index in [2.05, 4.69) is 31.6 Å². The average Bonchev–Trinajstić information content (AvgIpc) is 2.85. The summed E-state index contributed by atoms with van der Waals surface area (Å²) in [6.07, 6.45) is 0.777. The molecule has 0 aliphatic carbocycles. The van der Waals surface area contributed by atoms with Crippen LogP contribution in [0.1, 0.15) is 43.1 Å². The zero-order valence-corrected chi connectivity index (χ0v) is 13.6. The fourth-order valence-corrected chi connectivity index (χ4v) is 3.09. The van der Waals surface area contributed by atoms with Gasteiger partial charge in [-0.05, 0) is 17.7 Å². The van der Waals surface area contributed by atoms with Gasteiger partial charge in [-0.1, -0.05) is 44.5 Å². The van der Waals surface area contributed by atoms with Gasteiger partial charge in [0.2, 0.25) is 0 Å². The maximum absolute atomic E-state index is 5.91. The number of rotatable bonds is 4. The van der Waals surface area contributed by atoms with E-state index in [1.165, 1.54) is 0 Å². The Kier molecular flexibility index (Phi) is 4.81. The molecule has 108 valence electrons. The molecule has 0 saturated carbocycles. The molecule has 0 saturated heterocycles. The van der Waals surface area contributed by atoms with Crippen LogP contribution < -0.4 is 11.3 Å². The molecular formula is C15H20ClN3S. The first-order valence-corrected chi connectivity index (χ1v) is 7.82. The van der Waals surface area contributed by atoms with Gasteiger partial charge in [-0.3, -0.25) is 11.3 Å². The summed E-state index contributed by atoms with van der Waals surface area (Å²) in [4.78, 5) is 4.71. The maximum Gasteiger partial charge on any atom is 0.0948 e. The van der Waals surface area contributed by atoms with Crippen LogP contribution in [-0.2, 0) is 11.8 Å². The number of hydrogen-bond donors (Lipinski definition) is 2. The van der Waals surface area contributed by atoms with Crippen LogP contribution in [0, 0.1) is 0 Å². The summed E-state index contributed by atoms with van der Waals surface area (Å²) < 4.78 is 0. The van der Waals surface area contributed by atoms with Crippen molar-refractivity contribution in [3.8, 4) is 0 Å². The van der Waals surface area contributed by atoms with Gasteiger partial charge in [0.25, 0.3) is 0 Å². The molecule has 1 heterocycles. The monoisotopic (exact) mass is 309 g/mol. The number of nitrogens with two attached hydrogens (primary N) is 1. The number of benzene rings is 1. The third-order valence-electron chi connectivity index (χ3n) is 3.17. The number of nitrogens with zero attached hydrogens (tertiary/aromatic N) is 1. The van der Waals surface area contributed by atoms with Crippen molar-refractivity contribution in [2.45, 2.75) is 38.6 Å². The molecule has 0 amide bonds. The Balaban J connectivity index is 2.14. The highest BCUT2D eigenvalue weighted by molar-refractivity contribution is 7.09. The van der Waals surface area contributed by atoms with Crippen LogP contribution in [0.25, 0.3) is 0 Å². The van der Waals surface area contributed by atoms with Crippen LogP contribution in [0.5, 0.6) is 0 Å². The molecule has 5 heteroatoms. The van der Waals surface area contributed by atoms with Gasteiger partial charge in [0.05, 0.1) is 16.7 Å². The first kappa shape index (κ1) is 15.4. The minimum Gasteiger partial charge on any atom is -0.271 e. The second kappa shape index (κ2) is 6.22. The van der Waals surface area contributed by atoms with E-state index in [0.29, 0.717) is 0 Å². The molecule has 1 unspecified atom stereocenters. The summed E-state index contributed by atoms with van der Waals surface area (Å²) in [5.74, 6) is 5.68. The summed E-state index contributed by atoms with van der Waals surface area (Å²) in [5.41, 5.74) is 5.19. The Morgan fingerprint density at radius 3 is 2.45 bits per heavy atom. The third-order valence-corrected chi connectivity index (χ3v) is 4.30. The second-order valence-corrected chi connectivity index (χ2v) is 7.23. The van der Waals surface area contributed by atoms with Crippen molar-refractivity contribution in [2.75, 3.05) is 0 Å². The molecule has 1 aromatic heterocycles. The van der Waals surface area contributed by atoms with Crippen molar-refractivity contribution in [3.05, 3.63) is 50.9 Å². The molecular weight excluding hydrogens is 290 g/mol. The molecule has 0 spiro atoms. The highest BCUT2D eigenvalue weighted by Gasteiger charge is 2.19. The summed E-state index contributed by atoms with van der Waals surface area (Å²) in [6.45, 7) is 6.51. The van der Waals surface area contributed by atoms with Crippen molar-refractivity contribution in [3.63, 3.8) is 0 Å². The molecule has 20 heavy (non-hydrogen) atoms. The molecule has 2 rings (SSSR count). The number of thiazole rings is 1. The average molecular weight is 310 g/mol. The summed E-state index contributed by atoms with van der Waals surface area (Å²) in [6, 6.07) is 7.79. The SMILES string of the molecule is CC(C)(C)c1csc(CC(NN)c2ccc(Cl)cc2)n1. The van der Waals surface area contributed by atoms with Crippen LogP contribution >= 0.6 is 22.9 Å². The quantitative estimate of drug-likeness (QED) is 0.666. The molecule has 1 aromatic carbocycles. The van der Waals surface area contributed by atoms with Crippen molar-refractivity contribution >= 4 is 22.9 Å². The van der Waals surface area contributed by atoms with Crippen LogP contribution in [0.3, 0.4) is 0 Å². The van der Waals surface area contributed by atoms with Gasteiger partial charge in [-0.2, -0.15) is 0 Å². The third kappa shape index (κ3) is 3.79. The van der Waals surface area contributed by atoms with E-state index in [9.17, 15) is 0 Å². The first-order chi connectivity index (χ1) is 9.40. The minimum absolute atomic E-state index is 0.0474. The van der Waals surface area contributed by atoms with Gasteiger partial charge in [0.15, 0.2) is 0 Å². The lowest BCUT2D eigenvalue weighted by Crippen LogP contribution is -2.29. The van der Waals surface area contributed by atoms with E-state index in [1.807, 2.05) is 24.3 Å². The molecule has 3 N–H and O–H groups in total. The minimum atomic E-state index is 0.0474. The predicted octanol–water partition coefficient (Wildman–Crippen LogP) is 3.84.